The Kier molecular flexibility index (Phi) is 12.1. The van der Waals surface area contributed by atoms with Gasteiger partial charge in [0.25, 0.3) is 0 Å². The minimum absolute atomic E-state index is 0.00889. The Morgan fingerprint density at radius 1 is 0.800 bits per heavy atom. The van der Waals surface area contributed by atoms with Gasteiger partial charge in [-0.3, -0.25) is 4.79 Å². The largest absolute Gasteiger partial charge is 0.530 e. The summed E-state index contributed by atoms with van der Waals surface area (Å²) in [6.07, 6.45) is -4.22. The molecule has 40 heavy (non-hydrogen) atoms. The van der Waals surface area contributed by atoms with E-state index >= 15 is 0 Å². The third kappa shape index (κ3) is 10.2. The number of aliphatic hydroxyl groups excluding tert-OH is 3. The van der Waals surface area contributed by atoms with Crippen molar-refractivity contribution in [3.05, 3.63) is 71.8 Å². The third-order valence-electron chi connectivity index (χ3n) is 6.85. The number of carboxylic acid groups (broad SMARTS) is 1. The lowest BCUT2D eigenvalue weighted by atomic mass is 9.88. The predicted molar refractivity (Wildman–Crippen MR) is 153 cm³/mol. The lowest BCUT2D eigenvalue weighted by molar-refractivity contribution is -0.275. The maximum Gasteiger partial charge on any atom is 0.249 e. The van der Waals surface area contributed by atoms with Gasteiger partial charge >= 0.3 is 0 Å². The molecular weight excluding hydrogens is 510 g/mol. The van der Waals surface area contributed by atoms with Crippen molar-refractivity contribution in [1.29, 1.82) is 0 Å². The molecule has 0 saturated heterocycles. The number of hydrogen-bond donors (Lipinski definition) is 5. The van der Waals surface area contributed by atoms with Crippen LogP contribution in [0.25, 0.3) is 0 Å². The highest BCUT2D eigenvalue weighted by molar-refractivity contribution is 5.81. The second-order valence-corrected chi connectivity index (χ2v) is 12.4. The molecule has 9 heteroatoms. The van der Waals surface area contributed by atoms with Gasteiger partial charge in [0.2, 0.25) is 5.91 Å². The minimum atomic E-state index is -1.38. The third-order valence-corrected chi connectivity index (χ3v) is 6.85. The average molecular weight is 557 g/mol. The fourth-order valence-corrected chi connectivity index (χ4v) is 4.63. The first kappa shape index (κ1) is 33.2. The molecule has 5 atom stereocenters. The quantitative estimate of drug-likeness (QED) is 0.251. The van der Waals surface area contributed by atoms with Crippen LogP contribution in [0, 0.1) is 5.41 Å². The number of aliphatic hydroxyl groups is 3. The van der Waals surface area contributed by atoms with Crippen molar-refractivity contribution in [3.63, 3.8) is 0 Å². The fraction of sp³-hybridized carbons (Fsp3) is 0.548. The van der Waals surface area contributed by atoms with Gasteiger partial charge in [-0.1, -0.05) is 81.4 Å². The number of carbonyl (C=O) groups excluding carboxylic acids is 2. The molecule has 2 rings (SSSR count). The van der Waals surface area contributed by atoms with Gasteiger partial charge in [0.05, 0.1) is 24.3 Å². The summed E-state index contributed by atoms with van der Waals surface area (Å²) >= 11 is 0. The molecule has 2 amide bonds. The van der Waals surface area contributed by atoms with Gasteiger partial charge in [0.1, 0.15) is 12.2 Å². The van der Waals surface area contributed by atoms with Crippen molar-refractivity contribution in [2.75, 3.05) is 13.1 Å². The number of nitrogens with zero attached hydrogens (tertiary/aromatic N) is 1. The zero-order chi connectivity index (χ0) is 30.1. The normalized spacial score (nSPS) is 15.9. The predicted octanol–water partition coefficient (Wildman–Crippen LogP) is 1.49. The minimum Gasteiger partial charge on any atom is -0.530 e. The monoisotopic (exact) mass is 556 g/mol. The zero-order valence-electron chi connectivity index (χ0n) is 24.5. The van der Waals surface area contributed by atoms with Gasteiger partial charge in [0.15, 0.2) is 0 Å². The topological polar surface area (TPSA) is 145 Å². The standard InChI is InChI=1S/C31H47N3O6/c1-30(2,3)27(37)28(38)33-23(17-21-13-9-7-10-14-21)25(35)19-32-20-26(36)24(18-22-15-11-8-12-16-22)34(29(39)40)31(4,5)6/h7-16,23-27,32,35-37H,17-20H2,1-6H3,(H,33,38)(H,39,40)/p-1/t23-,24-,25+,26+,27-/m0/s1. The molecule has 0 aromatic heterocycles. The van der Waals surface area contributed by atoms with E-state index in [1.165, 1.54) is 0 Å². The summed E-state index contributed by atoms with van der Waals surface area (Å²) in [5, 5.41) is 50.6. The Balaban J connectivity index is 2.15. The molecule has 0 aliphatic rings. The van der Waals surface area contributed by atoms with Crippen molar-refractivity contribution in [3.8, 4) is 0 Å². The van der Waals surface area contributed by atoms with Gasteiger partial charge < -0.3 is 40.8 Å². The fourth-order valence-electron chi connectivity index (χ4n) is 4.63. The molecule has 0 radical (unpaired) electrons. The Morgan fingerprint density at radius 3 is 1.73 bits per heavy atom. The van der Waals surface area contributed by atoms with Gasteiger partial charge in [-0.15, -0.1) is 0 Å². The molecule has 0 aliphatic heterocycles. The Hall–Kier alpha value is -2.98. The second kappa shape index (κ2) is 14.6. The van der Waals surface area contributed by atoms with Gasteiger partial charge in [-0.2, -0.15) is 0 Å². The van der Waals surface area contributed by atoms with Crippen LogP contribution in [-0.4, -0.2) is 81.2 Å². The first-order valence-electron chi connectivity index (χ1n) is 13.7. The number of nitrogens with one attached hydrogen (secondary N) is 2. The number of carbonyl (C=O) groups is 2. The van der Waals surface area contributed by atoms with Crippen molar-refractivity contribution >= 4 is 12.0 Å². The van der Waals surface area contributed by atoms with Crippen LogP contribution in [0.3, 0.4) is 0 Å². The number of amides is 2. The summed E-state index contributed by atoms with van der Waals surface area (Å²) in [6.45, 7) is 10.5. The van der Waals surface area contributed by atoms with E-state index in [0.717, 1.165) is 16.0 Å². The molecule has 0 bridgehead atoms. The van der Waals surface area contributed by atoms with Crippen molar-refractivity contribution in [1.82, 2.24) is 15.5 Å². The van der Waals surface area contributed by atoms with Crippen LogP contribution >= 0.6 is 0 Å². The maximum absolute atomic E-state index is 12.8. The van der Waals surface area contributed by atoms with Crippen LogP contribution in [0.1, 0.15) is 52.7 Å². The van der Waals surface area contributed by atoms with Gasteiger partial charge in [-0.05, 0) is 50.2 Å². The first-order valence-corrected chi connectivity index (χ1v) is 13.7. The average Bonchev–Trinajstić information content (AvgIpc) is 2.86. The molecule has 0 saturated carbocycles. The number of benzene rings is 2. The summed E-state index contributed by atoms with van der Waals surface area (Å²) in [5.74, 6) is -0.579. The summed E-state index contributed by atoms with van der Waals surface area (Å²) in [7, 11) is 0. The highest BCUT2D eigenvalue weighted by Gasteiger charge is 2.35. The van der Waals surface area contributed by atoms with E-state index in [-0.39, 0.29) is 19.5 Å². The molecule has 2 aromatic rings. The lowest BCUT2D eigenvalue weighted by Crippen LogP contribution is -2.62. The van der Waals surface area contributed by atoms with Crippen LogP contribution < -0.4 is 15.7 Å². The molecule has 0 heterocycles. The van der Waals surface area contributed by atoms with E-state index in [1.807, 2.05) is 60.7 Å². The van der Waals surface area contributed by atoms with Crippen LogP contribution in [0.4, 0.5) is 4.79 Å². The molecule has 222 valence electrons. The summed E-state index contributed by atoms with van der Waals surface area (Å²) in [4.78, 5) is 26.1. The summed E-state index contributed by atoms with van der Waals surface area (Å²) in [6, 6.07) is 17.2. The maximum atomic E-state index is 12.8. The summed E-state index contributed by atoms with van der Waals surface area (Å²) in [5.41, 5.74) is 0.262. The molecule has 9 nitrogen and oxygen atoms in total. The highest BCUT2D eigenvalue weighted by atomic mass is 16.4. The molecule has 0 spiro atoms. The number of rotatable bonds is 13. The zero-order valence-corrected chi connectivity index (χ0v) is 24.5. The first-order chi connectivity index (χ1) is 18.6. The van der Waals surface area contributed by atoms with Crippen LogP contribution in [-0.2, 0) is 17.6 Å². The lowest BCUT2D eigenvalue weighted by Gasteiger charge is -2.45. The van der Waals surface area contributed by atoms with Crippen molar-refractivity contribution in [2.45, 2.75) is 90.3 Å². The van der Waals surface area contributed by atoms with E-state index in [2.05, 4.69) is 10.6 Å². The smallest absolute Gasteiger partial charge is 0.249 e. The van der Waals surface area contributed by atoms with Gasteiger partial charge in [-0.25, -0.2) is 0 Å². The Bertz CT molecular complexity index is 1050. The summed E-state index contributed by atoms with van der Waals surface area (Å²) < 4.78 is 0. The molecule has 0 unspecified atom stereocenters. The molecular formula is C31H46N3O6-. The molecule has 2 aromatic carbocycles. The Labute approximate surface area is 238 Å². The second-order valence-electron chi connectivity index (χ2n) is 12.4. The van der Waals surface area contributed by atoms with E-state index in [0.29, 0.717) is 6.42 Å². The van der Waals surface area contributed by atoms with Crippen molar-refractivity contribution < 1.29 is 30.0 Å². The van der Waals surface area contributed by atoms with Crippen LogP contribution in [0.15, 0.2) is 60.7 Å². The number of hydrogen-bond acceptors (Lipinski definition) is 7. The van der Waals surface area contributed by atoms with E-state index < -0.39 is 53.3 Å². The molecule has 5 N–H and O–H groups in total. The SMILES string of the molecule is CC(C)(C)[C@@H](O)C(=O)N[C@@H](Cc1ccccc1)[C@H](O)CNC[C@@H](O)[C@H](Cc1ccccc1)N(C(=O)[O-])C(C)(C)C. The van der Waals surface area contributed by atoms with Crippen LogP contribution in [0.5, 0.6) is 0 Å². The van der Waals surface area contributed by atoms with Crippen LogP contribution in [0.2, 0.25) is 0 Å². The van der Waals surface area contributed by atoms with Gasteiger partial charge in [0, 0.05) is 18.6 Å². The Morgan fingerprint density at radius 2 is 1.27 bits per heavy atom. The van der Waals surface area contributed by atoms with E-state index in [9.17, 15) is 30.0 Å². The van der Waals surface area contributed by atoms with Crippen molar-refractivity contribution in [2.24, 2.45) is 5.41 Å². The van der Waals surface area contributed by atoms with E-state index in [4.69, 9.17) is 0 Å². The molecule has 0 fully saturated rings. The highest BCUT2D eigenvalue weighted by Crippen LogP contribution is 2.22. The van der Waals surface area contributed by atoms with E-state index in [1.54, 1.807) is 41.5 Å². The molecule has 0 aliphatic carbocycles.